The Morgan fingerprint density at radius 2 is 1.90 bits per heavy atom. The molecule has 2 aromatic rings. The average molecular weight is 430 g/mol. The highest BCUT2D eigenvalue weighted by Crippen LogP contribution is 2.24. The summed E-state index contributed by atoms with van der Waals surface area (Å²) in [6.07, 6.45) is 1.55. The lowest BCUT2D eigenvalue weighted by molar-refractivity contribution is 0.0506. The number of hydrogen-bond acceptors (Lipinski definition) is 5. The zero-order valence-electron chi connectivity index (χ0n) is 18.2. The Morgan fingerprint density at radius 3 is 2.48 bits per heavy atom. The van der Waals surface area contributed by atoms with Crippen LogP contribution < -0.4 is 0 Å². The summed E-state index contributed by atoms with van der Waals surface area (Å²) in [5, 5.41) is 0. The van der Waals surface area contributed by atoms with Crippen molar-refractivity contribution in [2.75, 3.05) is 26.8 Å². The van der Waals surface area contributed by atoms with E-state index in [1.165, 1.54) is 36.3 Å². The van der Waals surface area contributed by atoms with E-state index in [1.54, 1.807) is 25.5 Å². The normalized spacial score (nSPS) is 15.7. The van der Waals surface area contributed by atoms with Gasteiger partial charge < -0.3 is 18.9 Å². The minimum Gasteiger partial charge on any atom is -0.464 e. The summed E-state index contributed by atoms with van der Waals surface area (Å²) < 4.78 is 25.4. The molecular weight excluding hydrogens is 403 g/mol. The van der Waals surface area contributed by atoms with E-state index >= 15 is 0 Å². The van der Waals surface area contributed by atoms with Crippen molar-refractivity contribution in [3.63, 3.8) is 0 Å². The number of esters is 1. The Morgan fingerprint density at radius 1 is 1.23 bits per heavy atom. The number of rotatable bonds is 7. The number of carbonyl (C=O) groups excluding carboxylic acids is 3. The summed E-state index contributed by atoms with van der Waals surface area (Å²) in [6, 6.07) is 5.24. The van der Waals surface area contributed by atoms with Gasteiger partial charge in [-0.05, 0) is 56.5 Å². The fourth-order valence-corrected chi connectivity index (χ4v) is 4.06. The van der Waals surface area contributed by atoms with Crippen molar-refractivity contribution < 1.29 is 28.2 Å². The van der Waals surface area contributed by atoms with E-state index in [0.29, 0.717) is 34.7 Å². The lowest BCUT2D eigenvalue weighted by Crippen LogP contribution is -2.41. The molecule has 1 aromatic carbocycles. The first-order valence-electron chi connectivity index (χ1n) is 10.2. The highest BCUT2D eigenvalue weighted by molar-refractivity contribution is 6.06. The van der Waals surface area contributed by atoms with Crippen LogP contribution in [0.15, 0.2) is 24.3 Å². The second kappa shape index (κ2) is 9.43. The van der Waals surface area contributed by atoms with Gasteiger partial charge in [0.25, 0.3) is 5.91 Å². The molecule has 31 heavy (non-hydrogen) atoms. The quantitative estimate of drug-likeness (QED) is 0.498. The van der Waals surface area contributed by atoms with Gasteiger partial charge in [0.05, 0.1) is 19.8 Å². The Bertz CT molecular complexity index is 990. The van der Waals surface area contributed by atoms with Crippen LogP contribution >= 0.6 is 0 Å². The summed E-state index contributed by atoms with van der Waals surface area (Å²) >= 11 is 0. The molecule has 8 heteroatoms. The van der Waals surface area contributed by atoms with Gasteiger partial charge in [-0.25, -0.2) is 9.18 Å². The molecule has 3 rings (SSSR count). The molecular formula is C23H27FN2O5. The molecule has 1 amide bonds. The van der Waals surface area contributed by atoms with Crippen molar-refractivity contribution in [2.24, 2.45) is 7.05 Å². The number of carbonyl (C=O) groups is 3. The monoisotopic (exact) mass is 430 g/mol. The standard InChI is InChI=1S/C23H27FN2O5/c1-14-20(15(2)25(3)21(14)23(29)30-4)19(27)13-26(12-18-6-5-11-31-18)22(28)16-7-9-17(24)10-8-16/h7-10,18H,5-6,11-13H2,1-4H3/t18-/m1/s1. The summed E-state index contributed by atoms with van der Waals surface area (Å²) in [5.41, 5.74) is 2.13. The van der Waals surface area contributed by atoms with Crippen molar-refractivity contribution in [1.29, 1.82) is 0 Å². The number of ether oxygens (including phenoxy) is 2. The number of aromatic nitrogens is 1. The van der Waals surface area contributed by atoms with Crippen molar-refractivity contribution in [1.82, 2.24) is 9.47 Å². The molecule has 7 nitrogen and oxygen atoms in total. The van der Waals surface area contributed by atoms with Gasteiger partial charge in [0.2, 0.25) is 0 Å². The molecule has 166 valence electrons. The molecule has 0 radical (unpaired) electrons. The smallest absolute Gasteiger partial charge is 0.354 e. The van der Waals surface area contributed by atoms with Gasteiger partial charge in [0, 0.05) is 37.0 Å². The molecule has 1 aromatic heterocycles. The van der Waals surface area contributed by atoms with Gasteiger partial charge in [-0.2, -0.15) is 0 Å². The number of amides is 1. The molecule has 1 fully saturated rings. The predicted molar refractivity (Wildman–Crippen MR) is 112 cm³/mol. The SMILES string of the molecule is COC(=O)c1c(C)c(C(=O)CN(C[C@H]2CCCO2)C(=O)c2ccc(F)cc2)c(C)n1C. The van der Waals surface area contributed by atoms with Gasteiger partial charge in [-0.3, -0.25) is 9.59 Å². The van der Waals surface area contributed by atoms with Gasteiger partial charge in [-0.1, -0.05) is 0 Å². The highest BCUT2D eigenvalue weighted by Gasteiger charge is 2.29. The fraction of sp³-hybridized carbons (Fsp3) is 0.435. The maximum absolute atomic E-state index is 13.3. The van der Waals surface area contributed by atoms with E-state index in [0.717, 1.165) is 12.8 Å². The lowest BCUT2D eigenvalue weighted by atomic mass is 10.0. The average Bonchev–Trinajstić information content (AvgIpc) is 3.33. The Labute approximate surface area is 180 Å². The second-order valence-electron chi connectivity index (χ2n) is 7.74. The maximum Gasteiger partial charge on any atom is 0.354 e. The van der Waals surface area contributed by atoms with Crippen LogP contribution in [0, 0.1) is 19.7 Å². The van der Waals surface area contributed by atoms with E-state index in [1.807, 2.05) is 0 Å². The Hall–Kier alpha value is -3.00. The topological polar surface area (TPSA) is 77.8 Å². The molecule has 0 unspecified atom stereocenters. The van der Waals surface area contributed by atoms with Crippen molar-refractivity contribution in [3.8, 4) is 0 Å². The second-order valence-corrected chi connectivity index (χ2v) is 7.74. The maximum atomic E-state index is 13.3. The third kappa shape index (κ3) is 4.69. The van der Waals surface area contributed by atoms with Crippen LogP contribution in [0.1, 0.15) is 55.3 Å². The van der Waals surface area contributed by atoms with Crippen LogP contribution in [0.4, 0.5) is 4.39 Å². The van der Waals surface area contributed by atoms with Crippen molar-refractivity contribution in [2.45, 2.75) is 32.8 Å². The van der Waals surface area contributed by atoms with Crippen LogP contribution in [-0.4, -0.2) is 60.0 Å². The molecule has 0 saturated carbocycles. The molecule has 1 aliphatic heterocycles. The van der Waals surface area contributed by atoms with Crippen molar-refractivity contribution >= 4 is 17.7 Å². The van der Waals surface area contributed by atoms with Gasteiger partial charge in [0.1, 0.15) is 11.5 Å². The van der Waals surface area contributed by atoms with Crippen LogP contribution in [0.3, 0.4) is 0 Å². The van der Waals surface area contributed by atoms with E-state index in [9.17, 15) is 18.8 Å². The molecule has 1 atom stereocenters. The number of nitrogens with zero attached hydrogens (tertiary/aromatic N) is 2. The largest absolute Gasteiger partial charge is 0.464 e. The third-order valence-corrected chi connectivity index (χ3v) is 5.75. The molecule has 1 aliphatic rings. The van der Waals surface area contributed by atoms with Crippen molar-refractivity contribution in [3.05, 3.63) is 58.2 Å². The molecule has 0 spiro atoms. The zero-order valence-corrected chi connectivity index (χ0v) is 18.2. The minimum absolute atomic E-state index is 0.152. The van der Waals surface area contributed by atoms with Crippen LogP contribution in [0.2, 0.25) is 0 Å². The van der Waals surface area contributed by atoms with Gasteiger partial charge in [-0.15, -0.1) is 0 Å². The van der Waals surface area contributed by atoms with Gasteiger partial charge >= 0.3 is 5.97 Å². The molecule has 0 bridgehead atoms. The molecule has 2 heterocycles. The Balaban J connectivity index is 1.90. The molecule has 1 saturated heterocycles. The van der Waals surface area contributed by atoms with E-state index in [-0.39, 0.29) is 30.9 Å². The van der Waals surface area contributed by atoms with E-state index in [4.69, 9.17) is 9.47 Å². The first-order chi connectivity index (χ1) is 14.7. The summed E-state index contributed by atoms with van der Waals surface area (Å²) in [7, 11) is 2.98. The van der Waals surface area contributed by atoms with Crippen LogP contribution in [0.5, 0.6) is 0 Å². The number of hydrogen-bond donors (Lipinski definition) is 0. The van der Waals surface area contributed by atoms with E-state index < -0.39 is 11.8 Å². The number of methoxy groups -OCH3 is 1. The number of ketones is 1. The van der Waals surface area contributed by atoms with Crippen LogP contribution in [-0.2, 0) is 16.5 Å². The highest BCUT2D eigenvalue weighted by atomic mass is 19.1. The first kappa shape index (κ1) is 22.7. The number of Topliss-reactive ketones (excluding diaryl/α,β-unsaturated/α-hetero) is 1. The summed E-state index contributed by atoms with van der Waals surface area (Å²) in [4.78, 5) is 40.0. The molecule has 0 aliphatic carbocycles. The first-order valence-corrected chi connectivity index (χ1v) is 10.2. The third-order valence-electron chi connectivity index (χ3n) is 5.75. The number of halogens is 1. The predicted octanol–water partition coefficient (Wildman–Crippen LogP) is 3.07. The Kier molecular flexibility index (Phi) is 6.90. The van der Waals surface area contributed by atoms with E-state index in [2.05, 4.69) is 0 Å². The summed E-state index contributed by atoms with van der Waals surface area (Å²) in [5.74, 6) is -1.62. The zero-order chi connectivity index (χ0) is 22.7. The fourth-order valence-electron chi connectivity index (χ4n) is 4.06. The lowest BCUT2D eigenvalue weighted by Gasteiger charge is -2.25. The molecule has 0 N–H and O–H groups in total. The van der Waals surface area contributed by atoms with Crippen LogP contribution in [0.25, 0.3) is 0 Å². The van der Waals surface area contributed by atoms with Gasteiger partial charge in [0.15, 0.2) is 5.78 Å². The number of benzene rings is 1. The minimum atomic E-state index is -0.527. The summed E-state index contributed by atoms with van der Waals surface area (Å²) in [6.45, 7) is 4.15.